The number of anilines is 1. The lowest BCUT2D eigenvalue weighted by molar-refractivity contribution is 0.0827. The molecule has 6 heteroatoms. The fourth-order valence-corrected chi connectivity index (χ4v) is 2.56. The summed E-state index contributed by atoms with van der Waals surface area (Å²) in [5.74, 6) is -0.417. The van der Waals surface area contributed by atoms with Crippen LogP contribution in [0.2, 0.25) is 0 Å². The van der Waals surface area contributed by atoms with Crippen molar-refractivity contribution in [1.82, 2.24) is 9.88 Å². The Morgan fingerprint density at radius 2 is 2.00 bits per heavy atom. The monoisotopic (exact) mass is 325 g/mol. The standard InChI is InChI=1S/C18H19N3O3/c1-21(2)18(23)13-5-3-4-12(8-13)17(22)20-15-9-14-11-24-7-6-16(14)19-10-15/h3-5,8-10H,6-7,11H2,1-2H3,(H,20,22). The van der Waals surface area contributed by atoms with Crippen molar-refractivity contribution in [2.45, 2.75) is 13.0 Å². The Labute approximate surface area is 140 Å². The minimum atomic E-state index is -0.276. The Kier molecular flexibility index (Phi) is 4.57. The first-order valence-corrected chi connectivity index (χ1v) is 7.73. The fourth-order valence-electron chi connectivity index (χ4n) is 2.56. The second-order valence-corrected chi connectivity index (χ2v) is 5.87. The van der Waals surface area contributed by atoms with Crippen LogP contribution >= 0.6 is 0 Å². The second-order valence-electron chi connectivity index (χ2n) is 5.87. The zero-order valence-electron chi connectivity index (χ0n) is 13.7. The Hall–Kier alpha value is -2.73. The molecule has 0 bridgehead atoms. The lowest BCUT2D eigenvalue weighted by atomic mass is 10.1. The number of carbonyl (C=O) groups excluding carboxylic acids is 2. The molecule has 124 valence electrons. The number of ether oxygens (including phenoxy) is 1. The smallest absolute Gasteiger partial charge is 0.255 e. The van der Waals surface area contributed by atoms with Gasteiger partial charge in [-0.2, -0.15) is 0 Å². The predicted octanol–water partition coefficient (Wildman–Crippen LogP) is 2.11. The van der Waals surface area contributed by atoms with E-state index in [2.05, 4.69) is 10.3 Å². The van der Waals surface area contributed by atoms with Crippen molar-refractivity contribution >= 4 is 17.5 Å². The third-order valence-electron chi connectivity index (χ3n) is 3.84. The van der Waals surface area contributed by atoms with Crippen molar-refractivity contribution in [3.8, 4) is 0 Å². The van der Waals surface area contributed by atoms with E-state index in [0.29, 0.717) is 30.0 Å². The van der Waals surface area contributed by atoms with Crippen LogP contribution in [0, 0.1) is 0 Å². The topological polar surface area (TPSA) is 71.5 Å². The number of fused-ring (bicyclic) bond motifs is 1. The highest BCUT2D eigenvalue weighted by Gasteiger charge is 2.14. The van der Waals surface area contributed by atoms with E-state index < -0.39 is 0 Å². The van der Waals surface area contributed by atoms with Crippen LogP contribution in [0.4, 0.5) is 5.69 Å². The van der Waals surface area contributed by atoms with Gasteiger partial charge < -0.3 is 15.0 Å². The number of pyridine rings is 1. The highest BCUT2D eigenvalue weighted by molar-refractivity contribution is 6.06. The summed E-state index contributed by atoms with van der Waals surface area (Å²) in [6.45, 7) is 1.19. The average Bonchev–Trinajstić information content (AvgIpc) is 2.61. The molecule has 1 N–H and O–H groups in total. The highest BCUT2D eigenvalue weighted by Crippen LogP contribution is 2.19. The molecular formula is C18H19N3O3. The molecule has 1 aromatic carbocycles. The molecule has 0 fully saturated rings. The molecule has 1 aliphatic heterocycles. The molecule has 0 atom stereocenters. The SMILES string of the molecule is CN(C)C(=O)c1cccc(C(=O)Nc2cnc3c(c2)COCC3)c1. The molecule has 24 heavy (non-hydrogen) atoms. The summed E-state index contributed by atoms with van der Waals surface area (Å²) in [5, 5.41) is 2.82. The molecule has 0 spiro atoms. The van der Waals surface area contributed by atoms with Gasteiger partial charge in [0.25, 0.3) is 11.8 Å². The molecule has 1 aromatic heterocycles. The summed E-state index contributed by atoms with van der Waals surface area (Å²) in [7, 11) is 3.35. The Balaban J connectivity index is 1.78. The van der Waals surface area contributed by atoms with E-state index in [9.17, 15) is 9.59 Å². The normalized spacial score (nSPS) is 13.1. The quantitative estimate of drug-likeness (QED) is 0.938. The van der Waals surface area contributed by atoms with E-state index in [1.54, 1.807) is 44.6 Å². The highest BCUT2D eigenvalue weighted by atomic mass is 16.5. The van der Waals surface area contributed by atoms with Crippen molar-refractivity contribution in [2.75, 3.05) is 26.0 Å². The van der Waals surface area contributed by atoms with Gasteiger partial charge in [-0.05, 0) is 24.3 Å². The number of nitrogens with zero attached hydrogens (tertiary/aromatic N) is 2. The Morgan fingerprint density at radius 1 is 1.21 bits per heavy atom. The van der Waals surface area contributed by atoms with Crippen LogP contribution in [0.5, 0.6) is 0 Å². The van der Waals surface area contributed by atoms with Gasteiger partial charge in [-0.25, -0.2) is 0 Å². The van der Waals surface area contributed by atoms with Gasteiger partial charge in [-0.3, -0.25) is 14.6 Å². The third kappa shape index (κ3) is 3.44. The van der Waals surface area contributed by atoms with Gasteiger partial charge in [-0.15, -0.1) is 0 Å². The maximum Gasteiger partial charge on any atom is 0.255 e. The van der Waals surface area contributed by atoms with Gasteiger partial charge in [-0.1, -0.05) is 6.07 Å². The molecule has 6 nitrogen and oxygen atoms in total. The van der Waals surface area contributed by atoms with Gasteiger partial charge in [0, 0.05) is 42.9 Å². The number of nitrogens with one attached hydrogen (secondary N) is 1. The summed E-state index contributed by atoms with van der Waals surface area (Å²) in [6.07, 6.45) is 2.44. The minimum absolute atomic E-state index is 0.141. The molecular weight excluding hydrogens is 306 g/mol. The van der Waals surface area contributed by atoms with Crippen molar-refractivity contribution in [2.24, 2.45) is 0 Å². The number of carbonyl (C=O) groups is 2. The van der Waals surface area contributed by atoms with E-state index in [0.717, 1.165) is 17.7 Å². The van der Waals surface area contributed by atoms with Crippen molar-refractivity contribution in [1.29, 1.82) is 0 Å². The van der Waals surface area contributed by atoms with Crippen LogP contribution < -0.4 is 5.32 Å². The minimum Gasteiger partial charge on any atom is -0.376 e. The Bertz CT molecular complexity index is 787. The maximum absolute atomic E-state index is 12.4. The van der Waals surface area contributed by atoms with Crippen LogP contribution in [-0.4, -0.2) is 42.4 Å². The van der Waals surface area contributed by atoms with E-state index in [-0.39, 0.29) is 11.8 Å². The predicted molar refractivity (Wildman–Crippen MR) is 90.0 cm³/mol. The Morgan fingerprint density at radius 3 is 2.79 bits per heavy atom. The molecule has 0 radical (unpaired) electrons. The molecule has 1 aliphatic rings. The number of hydrogen-bond acceptors (Lipinski definition) is 4. The molecule has 2 amide bonds. The van der Waals surface area contributed by atoms with Gasteiger partial charge in [0.2, 0.25) is 0 Å². The van der Waals surface area contributed by atoms with Gasteiger partial charge >= 0.3 is 0 Å². The molecule has 0 saturated carbocycles. The summed E-state index contributed by atoms with van der Waals surface area (Å²) in [6, 6.07) is 8.54. The van der Waals surface area contributed by atoms with Crippen molar-refractivity contribution < 1.29 is 14.3 Å². The van der Waals surface area contributed by atoms with Gasteiger partial charge in [0.05, 0.1) is 25.1 Å². The number of rotatable bonds is 3. The molecule has 0 aliphatic carbocycles. The van der Waals surface area contributed by atoms with Crippen LogP contribution in [0.3, 0.4) is 0 Å². The van der Waals surface area contributed by atoms with Crippen LogP contribution in [0.25, 0.3) is 0 Å². The average molecular weight is 325 g/mol. The number of amides is 2. The summed E-state index contributed by atoms with van der Waals surface area (Å²) >= 11 is 0. The molecule has 2 heterocycles. The summed E-state index contributed by atoms with van der Waals surface area (Å²) < 4.78 is 5.41. The number of benzene rings is 1. The first-order valence-electron chi connectivity index (χ1n) is 7.73. The first-order chi connectivity index (χ1) is 11.5. The van der Waals surface area contributed by atoms with E-state index in [1.807, 2.05) is 6.07 Å². The number of aromatic nitrogens is 1. The fraction of sp³-hybridized carbons (Fsp3) is 0.278. The molecule has 3 rings (SSSR count). The van der Waals surface area contributed by atoms with E-state index in [4.69, 9.17) is 4.74 Å². The van der Waals surface area contributed by atoms with Crippen LogP contribution in [0.15, 0.2) is 36.5 Å². The van der Waals surface area contributed by atoms with Crippen LogP contribution in [-0.2, 0) is 17.8 Å². The summed E-state index contributed by atoms with van der Waals surface area (Å²) in [5.41, 5.74) is 3.53. The van der Waals surface area contributed by atoms with Crippen molar-refractivity contribution in [3.05, 3.63) is 58.9 Å². The molecule has 2 aromatic rings. The first kappa shape index (κ1) is 16.1. The second kappa shape index (κ2) is 6.80. The van der Waals surface area contributed by atoms with Gasteiger partial charge in [0.15, 0.2) is 0 Å². The molecule has 0 saturated heterocycles. The largest absolute Gasteiger partial charge is 0.376 e. The lowest BCUT2D eigenvalue weighted by Crippen LogP contribution is -2.22. The number of hydrogen-bond donors (Lipinski definition) is 1. The molecule has 0 unspecified atom stereocenters. The van der Waals surface area contributed by atoms with Crippen LogP contribution in [0.1, 0.15) is 32.0 Å². The zero-order valence-corrected chi connectivity index (χ0v) is 13.7. The van der Waals surface area contributed by atoms with E-state index >= 15 is 0 Å². The lowest BCUT2D eigenvalue weighted by Gasteiger charge is -2.16. The summed E-state index contributed by atoms with van der Waals surface area (Å²) in [4.78, 5) is 30.3. The van der Waals surface area contributed by atoms with Gasteiger partial charge in [0.1, 0.15) is 0 Å². The maximum atomic E-state index is 12.4. The van der Waals surface area contributed by atoms with Crippen molar-refractivity contribution in [3.63, 3.8) is 0 Å². The zero-order chi connectivity index (χ0) is 17.1. The third-order valence-corrected chi connectivity index (χ3v) is 3.84. The van der Waals surface area contributed by atoms with E-state index in [1.165, 1.54) is 4.90 Å².